The number of piperazine rings is 1. The molecule has 0 radical (unpaired) electrons. The number of amides is 1. The average Bonchev–Trinajstić information content (AvgIpc) is 3.37. The first-order chi connectivity index (χ1) is 14.2. The van der Waals surface area contributed by atoms with Crippen molar-refractivity contribution in [1.29, 1.82) is 0 Å². The molecule has 3 aliphatic rings. The second-order valence-corrected chi connectivity index (χ2v) is 7.85. The van der Waals surface area contributed by atoms with E-state index in [-0.39, 0.29) is 23.9 Å². The van der Waals surface area contributed by atoms with Crippen molar-refractivity contribution in [3.63, 3.8) is 0 Å². The van der Waals surface area contributed by atoms with Gasteiger partial charge in [0.15, 0.2) is 0 Å². The molecule has 0 saturated carbocycles. The molecule has 2 fully saturated rings. The molecule has 2 saturated heterocycles. The lowest BCUT2D eigenvalue weighted by Crippen LogP contribution is -2.55. The maximum atomic E-state index is 13.7. The molecule has 2 aromatic carbocycles. The highest BCUT2D eigenvalue weighted by Crippen LogP contribution is 2.37. The van der Waals surface area contributed by atoms with Crippen LogP contribution >= 0.6 is 0 Å². The number of likely N-dealkylation sites (tertiary alicyclic amines) is 2. The Morgan fingerprint density at radius 1 is 0.966 bits per heavy atom. The van der Waals surface area contributed by atoms with Crippen LogP contribution in [-0.4, -0.2) is 63.7 Å². The molecule has 0 aromatic heterocycles. The molecule has 0 spiro atoms. The van der Waals surface area contributed by atoms with Crippen LogP contribution in [0.25, 0.3) is 0 Å². The molecule has 2 bridgehead atoms. The van der Waals surface area contributed by atoms with Crippen molar-refractivity contribution in [2.75, 3.05) is 13.1 Å². The third kappa shape index (κ3) is 3.24. The maximum absolute atomic E-state index is 13.7. The van der Waals surface area contributed by atoms with Gasteiger partial charge in [-0.25, -0.2) is 5.06 Å². The summed E-state index contributed by atoms with van der Waals surface area (Å²) in [6, 6.07) is 20.4. The number of allylic oxidation sites excluding steroid dienone is 1. The van der Waals surface area contributed by atoms with Crippen LogP contribution in [0.1, 0.15) is 23.5 Å². The zero-order chi connectivity index (χ0) is 19.8. The average molecular weight is 388 g/mol. The fourth-order valence-electron chi connectivity index (χ4n) is 4.82. The van der Waals surface area contributed by atoms with Gasteiger partial charge in [-0.1, -0.05) is 60.7 Å². The second kappa shape index (κ2) is 7.46. The third-order valence-electron chi connectivity index (χ3n) is 6.16. The molecule has 3 aliphatic heterocycles. The van der Waals surface area contributed by atoms with Crippen molar-refractivity contribution in [2.45, 2.75) is 30.7 Å². The Labute approximate surface area is 170 Å². The number of hydrogen-bond donors (Lipinski definition) is 1. The lowest BCUT2D eigenvalue weighted by Gasteiger charge is -2.40. The van der Waals surface area contributed by atoms with Crippen molar-refractivity contribution >= 4 is 12.1 Å². The first-order valence-corrected chi connectivity index (χ1v) is 10.1. The van der Waals surface area contributed by atoms with E-state index in [4.69, 9.17) is 0 Å². The molecule has 5 rings (SSSR count). The number of rotatable bonds is 4. The highest BCUT2D eigenvalue weighted by atomic mass is 16.5. The standard InChI is InChI=1S/C23H24N4O2/c28-22(21(17-8-3-1-4-9-17)18-10-5-2-6-11-18)25-15-20-14-19(25)16-26(20)23-24-12-7-13-27(23)29/h1-13,19-21,23,29H,14-16H2/t19-,20-,23?/m0/s1. The van der Waals surface area contributed by atoms with Crippen LogP contribution in [0.3, 0.4) is 0 Å². The fourth-order valence-corrected chi connectivity index (χ4v) is 4.82. The molecule has 2 aromatic rings. The summed E-state index contributed by atoms with van der Waals surface area (Å²) in [6.45, 7) is 1.39. The first kappa shape index (κ1) is 18.1. The molecule has 6 heteroatoms. The summed E-state index contributed by atoms with van der Waals surface area (Å²) in [5.41, 5.74) is 2.04. The minimum absolute atomic E-state index is 0.150. The van der Waals surface area contributed by atoms with E-state index >= 15 is 0 Å². The topological polar surface area (TPSA) is 59.4 Å². The summed E-state index contributed by atoms with van der Waals surface area (Å²) in [7, 11) is 0. The molecule has 1 N–H and O–H groups in total. The first-order valence-electron chi connectivity index (χ1n) is 10.1. The summed E-state index contributed by atoms with van der Waals surface area (Å²) < 4.78 is 0. The summed E-state index contributed by atoms with van der Waals surface area (Å²) in [5, 5.41) is 11.3. The molecule has 6 nitrogen and oxygen atoms in total. The second-order valence-electron chi connectivity index (χ2n) is 7.85. The van der Waals surface area contributed by atoms with Gasteiger partial charge in [0.2, 0.25) is 12.2 Å². The Bertz CT molecular complexity index is 891. The Morgan fingerprint density at radius 2 is 1.62 bits per heavy atom. The van der Waals surface area contributed by atoms with E-state index < -0.39 is 6.29 Å². The predicted molar refractivity (Wildman–Crippen MR) is 110 cm³/mol. The Morgan fingerprint density at radius 3 is 2.17 bits per heavy atom. The minimum atomic E-state index is -0.397. The third-order valence-corrected chi connectivity index (χ3v) is 6.16. The van der Waals surface area contributed by atoms with Crippen LogP contribution in [-0.2, 0) is 4.79 Å². The number of carbonyl (C=O) groups is 1. The number of nitrogens with zero attached hydrogens (tertiary/aromatic N) is 4. The highest BCUT2D eigenvalue weighted by molar-refractivity contribution is 5.88. The van der Waals surface area contributed by atoms with Gasteiger partial charge in [-0.3, -0.25) is 19.9 Å². The van der Waals surface area contributed by atoms with E-state index in [9.17, 15) is 10.0 Å². The molecule has 29 heavy (non-hydrogen) atoms. The summed E-state index contributed by atoms with van der Waals surface area (Å²) >= 11 is 0. The number of hydrogen-bond acceptors (Lipinski definition) is 5. The van der Waals surface area contributed by atoms with E-state index in [2.05, 4.69) is 9.89 Å². The van der Waals surface area contributed by atoms with Crippen LogP contribution in [0.4, 0.5) is 0 Å². The van der Waals surface area contributed by atoms with Crippen LogP contribution in [0, 0.1) is 0 Å². The van der Waals surface area contributed by atoms with E-state index in [1.54, 1.807) is 18.5 Å². The molecule has 1 amide bonds. The van der Waals surface area contributed by atoms with E-state index in [0.29, 0.717) is 6.54 Å². The molecule has 0 aliphatic carbocycles. The van der Waals surface area contributed by atoms with Gasteiger partial charge in [-0.15, -0.1) is 0 Å². The van der Waals surface area contributed by atoms with Crippen molar-refractivity contribution < 1.29 is 10.0 Å². The van der Waals surface area contributed by atoms with Crippen molar-refractivity contribution in [2.24, 2.45) is 4.99 Å². The van der Waals surface area contributed by atoms with Gasteiger partial charge in [-0.05, 0) is 23.6 Å². The Kier molecular flexibility index (Phi) is 4.66. The Hall–Kier alpha value is -2.96. The van der Waals surface area contributed by atoms with Gasteiger partial charge < -0.3 is 4.90 Å². The molecule has 1 unspecified atom stereocenters. The lowest BCUT2D eigenvalue weighted by molar-refractivity contribution is -0.147. The fraction of sp³-hybridized carbons (Fsp3) is 0.304. The molecule has 3 heterocycles. The normalized spacial score (nSPS) is 25.9. The molecule has 148 valence electrons. The van der Waals surface area contributed by atoms with Gasteiger partial charge in [0.05, 0.1) is 5.92 Å². The molecular formula is C23H24N4O2. The smallest absolute Gasteiger partial charge is 0.234 e. The monoisotopic (exact) mass is 388 g/mol. The van der Waals surface area contributed by atoms with Crippen molar-refractivity contribution in [3.8, 4) is 0 Å². The van der Waals surface area contributed by atoms with Gasteiger partial charge >= 0.3 is 0 Å². The molecular weight excluding hydrogens is 364 g/mol. The van der Waals surface area contributed by atoms with Crippen LogP contribution in [0.5, 0.6) is 0 Å². The van der Waals surface area contributed by atoms with Crippen LogP contribution in [0.15, 0.2) is 77.9 Å². The minimum Gasteiger partial charge on any atom is -0.336 e. The zero-order valence-corrected chi connectivity index (χ0v) is 16.1. The summed E-state index contributed by atoms with van der Waals surface area (Å²) in [4.78, 5) is 22.3. The van der Waals surface area contributed by atoms with Crippen LogP contribution in [0.2, 0.25) is 0 Å². The van der Waals surface area contributed by atoms with E-state index in [0.717, 1.165) is 29.2 Å². The predicted octanol–water partition coefficient (Wildman–Crippen LogP) is 2.68. The van der Waals surface area contributed by atoms with Gasteiger partial charge in [0.1, 0.15) is 0 Å². The number of carbonyl (C=O) groups excluding carboxylic acids is 1. The Balaban J connectivity index is 1.38. The number of aliphatic imine (C=N–C) groups is 1. The molecule has 3 atom stereocenters. The SMILES string of the molecule is O=C(C(c1ccccc1)c1ccccc1)N1C[C@@H]2C[C@H]1CN2C1N=CC=CN1O. The largest absolute Gasteiger partial charge is 0.336 e. The van der Waals surface area contributed by atoms with E-state index in [1.165, 1.54) is 0 Å². The van der Waals surface area contributed by atoms with Gasteiger partial charge in [0, 0.05) is 37.6 Å². The summed E-state index contributed by atoms with van der Waals surface area (Å²) in [6.07, 6.45) is 5.57. The van der Waals surface area contributed by atoms with Crippen molar-refractivity contribution in [1.82, 2.24) is 14.9 Å². The van der Waals surface area contributed by atoms with Gasteiger partial charge in [-0.2, -0.15) is 0 Å². The lowest BCUT2D eigenvalue weighted by atomic mass is 9.89. The van der Waals surface area contributed by atoms with Crippen LogP contribution < -0.4 is 0 Å². The van der Waals surface area contributed by atoms with E-state index in [1.807, 2.05) is 65.6 Å². The summed E-state index contributed by atoms with van der Waals surface area (Å²) in [5.74, 6) is -0.141. The quantitative estimate of drug-likeness (QED) is 0.875. The number of hydroxylamine groups is 2. The number of benzene rings is 2. The maximum Gasteiger partial charge on any atom is 0.234 e. The van der Waals surface area contributed by atoms with Gasteiger partial charge in [0.25, 0.3) is 0 Å². The van der Waals surface area contributed by atoms with Crippen molar-refractivity contribution in [3.05, 3.63) is 84.1 Å². The number of fused-ring (bicyclic) bond motifs is 2. The highest BCUT2D eigenvalue weighted by Gasteiger charge is 2.49. The zero-order valence-electron chi connectivity index (χ0n) is 16.1.